The zero-order chi connectivity index (χ0) is 18.0. The fourth-order valence-corrected chi connectivity index (χ4v) is 3.52. The van der Waals surface area contributed by atoms with Crippen molar-refractivity contribution in [3.8, 4) is 11.3 Å². The summed E-state index contributed by atoms with van der Waals surface area (Å²) in [6.07, 6.45) is 1.81. The van der Waals surface area contributed by atoms with Crippen molar-refractivity contribution in [2.45, 2.75) is 20.8 Å². The number of imidazole rings is 2. The summed E-state index contributed by atoms with van der Waals surface area (Å²) in [5.41, 5.74) is 9.64. The molecule has 5 heteroatoms. The number of aromatic nitrogens is 5. The van der Waals surface area contributed by atoms with Gasteiger partial charge in [0.15, 0.2) is 5.65 Å². The average molecular weight is 341 g/mol. The molecule has 0 spiro atoms. The van der Waals surface area contributed by atoms with Gasteiger partial charge in [-0.15, -0.1) is 0 Å². The highest BCUT2D eigenvalue weighted by Crippen LogP contribution is 2.31. The fraction of sp³-hybridized carbons (Fsp3) is 0.190. The first kappa shape index (κ1) is 15.1. The zero-order valence-electron chi connectivity index (χ0n) is 15.3. The van der Waals surface area contributed by atoms with Crippen LogP contribution < -0.4 is 0 Å². The predicted octanol–water partition coefficient (Wildman–Crippen LogP) is 4.36. The normalized spacial score (nSPS) is 11.8. The van der Waals surface area contributed by atoms with Gasteiger partial charge in [0.1, 0.15) is 5.52 Å². The Morgan fingerprint density at radius 2 is 1.62 bits per heavy atom. The van der Waals surface area contributed by atoms with E-state index < -0.39 is 0 Å². The van der Waals surface area contributed by atoms with Gasteiger partial charge in [0.2, 0.25) is 5.78 Å². The van der Waals surface area contributed by atoms with Gasteiger partial charge in [-0.25, -0.2) is 9.97 Å². The Balaban J connectivity index is 2.03. The molecule has 3 heterocycles. The molecule has 0 saturated heterocycles. The first-order valence-corrected chi connectivity index (χ1v) is 8.70. The van der Waals surface area contributed by atoms with E-state index in [0.717, 1.165) is 33.5 Å². The van der Waals surface area contributed by atoms with Crippen LogP contribution in [0.1, 0.15) is 16.7 Å². The van der Waals surface area contributed by atoms with E-state index in [9.17, 15) is 0 Å². The number of rotatable bonds is 1. The van der Waals surface area contributed by atoms with Gasteiger partial charge in [-0.3, -0.25) is 4.40 Å². The summed E-state index contributed by atoms with van der Waals surface area (Å²) >= 11 is 0. The van der Waals surface area contributed by atoms with E-state index in [1.54, 1.807) is 0 Å². The molecule has 26 heavy (non-hydrogen) atoms. The van der Waals surface area contributed by atoms with Crippen molar-refractivity contribution in [2.24, 2.45) is 7.05 Å². The van der Waals surface area contributed by atoms with Crippen LogP contribution in [0.15, 0.2) is 42.7 Å². The molecule has 5 aromatic rings. The van der Waals surface area contributed by atoms with Crippen LogP contribution >= 0.6 is 0 Å². The van der Waals surface area contributed by atoms with Gasteiger partial charge >= 0.3 is 0 Å². The molecule has 0 bridgehead atoms. The average Bonchev–Trinajstić information content (AvgIpc) is 3.15. The summed E-state index contributed by atoms with van der Waals surface area (Å²) in [5.74, 6) is 0.705. The lowest BCUT2D eigenvalue weighted by Gasteiger charge is -2.09. The molecule has 2 aromatic carbocycles. The first-order chi connectivity index (χ1) is 12.5. The molecule has 5 rings (SSSR count). The van der Waals surface area contributed by atoms with Crippen LogP contribution in [0.3, 0.4) is 0 Å². The Kier molecular flexibility index (Phi) is 2.98. The van der Waals surface area contributed by atoms with Crippen molar-refractivity contribution in [3.05, 3.63) is 59.4 Å². The van der Waals surface area contributed by atoms with Crippen LogP contribution in [0, 0.1) is 20.8 Å². The van der Waals surface area contributed by atoms with Crippen molar-refractivity contribution in [1.82, 2.24) is 23.9 Å². The van der Waals surface area contributed by atoms with E-state index in [2.05, 4.69) is 66.6 Å². The van der Waals surface area contributed by atoms with Crippen molar-refractivity contribution in [2.75, 3.05) is 0 Å². The molecule has 0 saturated carbocycles. The van der Waals surface area contributed by atoms with E-state index in [0.29, 0.717) is 5.78 Å². The minimum Gasteiger partial charge on any atom is -0.318 e. The monoisotopic (exact) mass is 341 g/mol. The molecule has 3 aromatic heterocycles. The largest absolute Gasteiger partial charge is 0.318 e. The van der Waals surface area contributed by atoms with Gasteiger partial charge in [-0.1, -0.05) is 29.8 Å². The molecule has 0 aliphatic rings. The SMILES string of the molecule is Cc1ccc(-c2c3ncn(C)c3nc3nc4cc(C)c(C)cc4n23)cc1. The molecular formula is C21H19N5. The first-order valence-electron chi connectivity index (χ1n) is 8.70. The van der Waals surface area contributed by atoms with Gasteiger partial charge < -0.3 is 4.57 Å². The number of fused-ring (bicyclic) bond motifs is 4. The van der Waals surface area contributed by atoms with Gasteiger partial charge in [0.25, 0.3) is 0 Å². The third-order valence-electron chi connectivity index (χ3n) is 5.14. The van der Waals surface area contributed by atoms with Gasteiger partial charge in [-0.2, -0.15) is 4.98 Å². The molecule has 0 fully saturated rings. The second-order valence-corrected chi connectivity index (χ2v) is 7.03. The van der Waals surface area contributed by atoms with E-state index in [1.165, 1.54) is 16.7 Å². The predicted molar refractivity (Wildman–Crippen MR) is 104 cm³/mol. The third kappa shape index (κ3) is 2.00. The molecule has 0 aliphatic heterocycles. The quantitative estimate of drug-likeness (QED) is 0.455. The van der Waals surface area contributed by atoms with Crippen LogP contribution in [0.2, 0.25) is 0 Å². The van der Waals surface area contributed by atoms with E-state index in [-0.39, 0.29) is 0 Å². The van der Waals surface area contributed by atoms with Crippen LogP contribution in [-0.2, 0) is 7.05 Å². The maximum atomic E-state index is 4.80. The topological polar surface area (TPSA) is 48.0 Å². The Hall–Kier alpha value is -3.21. The Labute approximate surface area is 151 Å². The molecule has 0 N–H and O–H groups in total. The highest BCUT2D eigenvalue weighted by molar-refractivity contribution is 5.94. The summed E-state index contributed by atoms with van der Waals surface area (Å²) < 4.78 is 4.09. The van der Waals surface area contributed by atoms with E-state index in [4.69, 9.17) is 9.97 Å². The van der Waals surface area contributed by atoms with E-state index >= 15 is 0 Å². The standard InChI is InChI=1S/C21H19N5/c1-12-5-7-15(8-6-12)19-18-20(25(4)11-22-18)24-21-23-16-9-13(2)14(3)10-17(16)26(19)21/h5-11H,1-4H3. The lowest BCUT2D eigenvalue weighted by molar-refractivity contribution is 0.930. The summed E-state index contributed by atoms with van der Waals surface area (Å²) in [7, 11) is 1.97. The van der Waals surface area contributed by atoms with Crippen LogP contribution in [-0.4, -0.2) is 23.9 Å². The lowest BCUT2D eigenvalue weighted by Crippen LogP contribution is -1.99. The molecule has 0 unspecified atom stereocenters. The van der Waals surface area contributed by atoms with Crippen molar-refractivity contribution in [1.29, 1.82) is 0 Å². The van der Waals surface area contributed by atoms with Crippen LogP contribution in [0.4, 0.5) is 0 Å². The highest BCUT2D eigenvalue weighted by Gasteiger charge is 2.18. The maximum Gasteiger partial charge on any atom is 0.237 e. The van der Waals surface area contributed by atoms with Crippen molar-refractivity contribution in [3.63, 3.8) is 0 Å². The van der Waals surface area contributed by atoms with Gasteiger partial charge in [-0.05, 0) is 44.0 Å². The Morgan fingerprint density at radius 1 is 0.885 bits per heavy atom. The van der Waals surface area contributed by atoms with E-state index in [1.807, 2.05) is 17.9 Å². The number of nitrogens with zero attached hydrogens (tertiary/aromatic N) is 5. The van der Waals surface area contributed by atoms with Crippen molar-refractivity contribution >= 4 is 28.0 Å². The molecule has 0 radical (unpaired) electrons. The number of benzene rings is 2. The second-order valence-electron chi connectivity index (χ2n) is 7.03. The highest BCUT2D eigenvalue weighted by atomic mass is 15.2. The van der Waals surface area contributed by atoms with Crippen LogP contribution in [0.25, 0.3) is 39.2 Å². The molecule has 0 amide bonds. The van der Waals surface area contributed by atoms with Crippen LogP contribution in [0.5, 0.6) is 0 Å². The maximum absolute atomic E-state index is 4.80. The molecule has 0 aliphatic carbocycles. The smallest absolute Gasteiger partial charge is 0.237 e. The Morgan fingerprint density at radius 3 is 2.38 bits per heavy atom. The number of hydrogen-bond donors (Lipinski definition) is 0. The summed E-state index contributed by atoms with van der Waals surface area (Å²) in [6.45, 7) is 6.35. The minimum atomic E-state index is 0.705. The fourth-order valence-electron chi connectivity index (χ4n) is 3.52. The zero-order valence-corrected chi connectivity index (χ0v) is 15.3. The summed E-state index contributed by atoms with van der Waals surface area (Å²) in [4.78, 5) is 14.2. The molecule has 5 nitrogen and oxygen atoms in total. The summed E-state index contributed by atoms with van der Waals surface area (Å²) in [6, 6.07) is 12.9. The molecule has 128 valence electrons. The third-order valence-corrected chi connectivity index (χ3v) is 5.14. The van der Waals surface area contributed by atoms with Crippen molar-refractivity contribution < 1.29 is 0 Å². The van der Waals surface area contributed by atoms with Gasteiger partial charge in [0, 0.05) is 12.6 Å². The summed E-state index contributed by atoms with van der Waals surface area (Å²) in [5, 5.41) is 0. The van der Waals surface area contributed by atoms with Gasteiger partial charge in [0.05, 0.1) is 23.1 Å². The Bertz CT molecular complexity index is 1310. The lowest BCUT2D eigenvalue weighted by atomic mass is 10.1. The second kappa shape index (κ2) is 5.14. The molecule has 0 atom stereocenters. The number of aryl methyl sites for hydroxylation is 4. The molecular weight excluding hydrogens is 322 g/mol. The number of hydrogen-bond acceptors (Lipinski definition) is 3. The minimum absolute atomic E-state index is 0.705.